The molecule has 4 aliphatic carbocycles. The summed E-state index contributed by atoms with van der Waals surface area (Å²) in [6, 6.07) is 0. The summed E-state index contributed by atoms with van der Waals surface area (Å²) in [5.74, 6) is 3.46. The van der Waals surface area contributed by atoms with Gasteiger partial charge in [-0.3, -0.25) is 9.36 Å². The molecule has 3 aromatic heterocycles. The summed E-state index contributed by atoms with van der Waals surface area (Å²) in [6.45, 7) is 9.08. The Bertz CT molecular complexity index is 1830. The van der Waals surface area contributed by atoms with Gasteiger partial charge < -0.3 is 29.8 Å². The average molecular weight is 733 g/mol. The van der Waals surface area contributed by atoms with Crippen LogP contribution in [0.25, 0.3) is 11.2 Å². The number of fused-ring (bicyclic) bond motifs is 7. The predicted octanol–water partition coefficient (Wildman–Crippen LogP) is 5.26. The van der Waals surface area contributed by atoms with Crippen molar-refractivity contribution in [3.05, 3.63) is 18.9 Å². The topological polar surface area (TPSA) is 175 Å². The number of aromatic nitrogens is 7. The number of aliphatic hydroxyl groups is 1. The number of aliphatic hydroxyl groups excluding tert-OH is 1. The molecular weight excluding hydrogens is 676 g/mol. The van der Waals surface area contributed by atoms with Crippen molar-refractivity contribution in [2.75, 3.05) is 12.3 Å². The van der Waals surface area contributed by atoms with Crippen LogP contribution in [0.1, 0.15) is 111 Å². The summed E-state index contributed by atoms with van der Waals surface area (Å²) in [6.07, 6.45) is 16.6. The van der Waals surface area contributed by atoms with Crippen LogP contribution in [0.2, 0.25) is 0 Å². The Kier molecular flexibility index (Phi) is 8.86. The molecule has 288 valence electrons. The van der Waals surface area contributed by atoms with Gasteiger partial charge in [0.15, 0.2) is 29.3 Å². The predicted molar refractivity (Wildman–Crippen MR) is 193 cm³/mol. The van der Waals surface area contributed by atoms with Gasteiger partial charge in [-0.1, -0.05) is 30.6 Å². The fourth-order valence-corrected chi connectivity index (χ4v) is 12.4. The number of ether oxygens (including phenoxy) is 4. The third-order valence-electron chi connectivity index (χ3n) is 14.9. The summed E-state index contributed by atoms with van der Waals surface area (Å²) in [5, 5.41) is 18.9. The van der Waals surface area contributed by atoms with E-state index in [0.717, 1.165) is 37.0 Å². The second-order valence-electron chi connectivity index (χ2n) is 18.0. The van der Waals surface area contributed by atoms with Gasteiger partial charge in [0.05, 0.1) is 25.2 Å². The number of anilines is 1. The van der Waals surface area contributed by atoms with Crippen LogP contribution in [0, 0.1) is 40.4 Å². The second-order valence-corrected chi connectivity index (χ2v) is 18.0. The Morgan fingerprint density at radius 1 is 1.06 bits per heavy atom. The molecule has 14 nitrogen and oxygen atoms in total. The number of hydrogen-bond donors (Lipinski definition) is 2. The van der Waals surface area contributed by atoms with Gasteiger partial charge >= 0.3 is 0 Å². The summed E-state index contributed by atoms with van der Waals surface area (Å²) in [7, 11) is 0. The Labute approximate surface area is 310 Å². The zero-order valence-electron chi connectivity index (χ0n) is 31.6. The average Bonchev–Trinajstić information content (AvgIpc) is 3.96. The van der Waals surface area contributed by atoms with Gasteiger partial charge in [-0.05, 0) is 118 Å². The molecule has 9 rings (SSSR count). The number of rotatable bonds is 10. The summed E-state index contributed by atoms with van der Waals surface area (Å²) in [5.41, 5.74) is 7.84. The largest absolute Gasteiger partial charge is 0.467 e. The quantitative estimate of drug-likeness (QED) is 0.277. The van der Waals surface area contributed by atoms with E-state index in [1.807, 2.05) is 18.4 Å². The lowest BCUT2D eigenvalue weighted by molar-refractivity contribution is -0.197. The maximum Gasteiger partial charge on any atom is 0.253 e. The van der Waals surface area contributed by atoms with Crippen LogP contribution in [0.15, 0.2) is 18.9 Å². The van der Waals surface area contributed by atoms with Gasteiger partial charge in [0.2, 0.25) is 0 Å². The van der Waals surface area contributed by atoms with E-state index in [4.69, 9.17) is 24.7 Å². The molecule has 53 heavy (non-hydrogen) atoms. The normalized spacial score (nSPS) is 39.3. The first-order valence-electron chi connectivity index (χ1n) is 20.1. The standard InChI is InChI=1S/C39H56N8O6/c1-22(39-13-5-6-28(39)26-10-8-23-16-24(48)11-14-38(23,4)27(26)12-15-39)7-9-25(49)19-50-30-18-46(45-44-30)17-29-32-33(53-37(2,3)52-32)36(51-29)47-21-43-31-34(40)41-20-42-35(31)47/h18,20-24,26-29,32-33,36,48H,5-17,19H2,1-4H3,(H2,40,41,42)/t22-,23?,24-,26?,27?,28?,29-,32-,33-,36-,38+,39?/m1/s1. The summed E-state index contributed by atoms with van der Waals surface area (Å²) < 4.78 is 28.4. The highest BCUT2D eigenvalue weighted by molar-refractivity contribution is 5.81. The molecule has 14 heteroatoms. The van der Waals surface area contributed by atoms with E-state index in [-0.39, 0.29) is 24.6 Å². The Morgan fingerprint density at radius 3 is 2.77 bits per heavy atom. The minimum atomic E-state index is -0.801. The number of Topliss-reactive ketones (excluding diaryl/α,β-unsaturated/α-hetero) is 1. The zero-order valence-corrected chi connectivity index (χ0v) is 31.6. The third-order valence-corrected chi connectivity index (χ3v) is 14.9. The Balaban J connectivity index is 0.794. The molecule has 0 radical (unpaired) electrons. The molecule has 3 N–H and O–H groups in total. The molecule has 5 heterocycles. The van der Waals surface area contributed by atoms with Crippen molar-refractivity contribution in [1.82, 2.24) is 34.5 Å². The van der Waals surface area contributed by atoms with Gasteiger partial charge in [-0.2, -0.15) is 0 Å². The molecule has 12 atom stereocenters. The van der Waals surface area contributed by atoms with Crippen molar-refractivity contribution in [3.63, 3.8) is 0 Å². The molecule has 0 bridgehead atoms. The van der Waals surface area contributed by atoms with E-state index in [1.165, 1.54) is 57.7 Å². The molecule has 3 aromatic rings. The molecule has 0 aromatic carbocycles. The molecule has 0 amide bonds. The minimum absolute atomic E-state index is 0.0192. The highest BCUT2D eigenvalue weighted by Crippen LogP contribution is 2.68. The number of ketones is 1. The molecule has 5 unspecified atom stereocenters. The van der Waals surface area contributed by atoms with Gasteiger partial charge in [0, 0.05) is 6.42 Å². The van der Waals surface area contributed by atoms with E-state index in [2.05, 4.69) is 39.1 Å². The first-order valence-corrected chi connectivity index (χ1v) is 20.1. The number of carbonyl (C=O) groups excluding carboxylic acids is 1. The van der Waals surface area contributed by atoms with Crippen molar-refractivity contribution in [3.8, 4) is 5.88 Å². The van der Waals surface area contributed by atoms with Crippen molar-refractivity contribution in [1.29, 1.82) is 0 Å². The van der Waals surface area contributed by atoms with E-state index >= 15 is 0 Å². The van der Waals surface area contributed by atoms with Crippen LogP contribution in [0.4, 0.5) is 5.82 Å². The van der Waals surface area contributed by atoms with Gasteiger partial charge in [-0.15, -0.1) is 0 Å². The molecule has 2 saturated heterocycles. The summed E-state index contributed by atoms with van der Waals surface area (Å²) >= 11 is 0. The number of nitrogen functional groups attached to an aromatic ring is 1. The lowest BCUT2D eigenvalue weighted by atomic mass is 9.43. The van der Waals surface area contributed by atoms with E-state index in [9.17, 15) is 9.90 Å². The third kappa shape index (κ3) is 6.06. The van der Waals surface area contributed by atoms with Gasteiger partial charge in [-0.25, -0.2) is 19.6 Å². The molecule has 6 fully saturated rings. The van der Waals surface area contributed by atoms with Crippen LogP contribution >= 0.6 is 0 Å². The molecule has 4 saturated carbocycles. The summed E-state index contributed by atoms with van der Waals surface area (Å²) in [4.78, 5) is 26.1. The van der Waals surface area contributed by atoms with Crippen LogP contribution in [-0.4, -0.2) is 82.2 Å². The fourth-order valence-electron chi connectivity index (χ4n) is 12.4. The zero-order chi connectivity index (χ0) is 36.7. The smallest absolute Gasteiger partial charge is 0.253 e. The first-order chi connectivity index (χ1) is 25.4. The minimum Gasteiger partial charge on any atom is -0.467 e. The molecule has 2 aliphatic heterocycles. The van der Waals surface area contributed by atoms with Gasteiger partial charge in [0.25, 0.3) is 5.88 Å². The van der Waals surface area contributed by atoms with Crippen LogP contribution in [0.5, 0.6) is 5.88 Å². The van der Waals surface area contributed by atoms with E-state index in [0.29, 0.717) is 58.5 Å². The van der Waals surface area contributed by atoms with Crippen molar-refractivity contribution in [2.24, 2.45) is 40.4 Å². The number of nitrogens with two attached hydrogens (primary N) is 1. The van der Waals surface area contributed by atoms with Crippen LogP contribution < -0.4 is 10.5 Å². The number of carbonyl (C=O) groups is 1. The SMILES string of the molecule is C[C@H](CCC(=O)COc1cn(C[C@H]2O[C@@H](n3cnc4c(N)ncnc43)[C@@H]3OC(C)(C)O[C@@H]32)nn1)C12CCCC1C1CCC3C[C@H](O)CC[C@]3(C)C1CC2. The van der Waals surface area contributed by atoms with Crippen molar-refractivity contribution < 1.29 is 28.8 Å². The molecule has 6 aliphatic rings. The fraction of sp³-hybridized carbons (Fsp3) is 0.795. The Hall–Kier alpha value is -3.20. The van der Waals surface area contributed by atoms with Gasteiger partial charge in [0.1, 0.15) is 36.8 Å². The van der Waals surface area contributed by atoms with E-state index < -0.39 is 24.2 Å². The lowest BCUT2D eigenvalue weighted by Crippen LogP contribution is -2.54. The van der Waals surface area contributed by atoms with Crippen molar-refractivity contribution >= 4 is 22.8 Å². The van der Waals surface area contributed by atoms with Crippen LogP contribution in [0.3, 0.4) is 0 Å². The number of imidazole rings is 1. The monoisotopic (exact) mass is 732 g/mol. The molecular formula is C39H56N8O6. The first kappa shape index (κ1) is 35.5. The van der Waals surface area contributed by atoms with E-state index in [1.54, 1.807) is 17.2 Å². The number of nitrogens with zero attached hydrogens (tertiary/aromatic N) is 7. The van der Waals surface area contributed by atoms with Crippen molar-refractivity contribution in [2.45, 2.75) is 148 Å². The Morgan fingerprint density at radius 2 is 1.91 bits per heavy atom. The highest BCUT2D eigenvalue weighted by atomic mass is 16.8. The maximum atomic E-state index is 13.2. The number of hydrogen-bond acceptors (Lipinski definition) is 12. The highest BCUT2D eigenvalue weighted by Gasteiger charge is 2.60. The maximum absolute atomic E-state index is 13.2. The molecule has 0 spiro atoms. The lowest BCUT2D eigenvalue weighted by Gasteiger charge is -2.61. The second kappa shape index (κ2) is 13.2. The van der Waals surface area contributed by atoms with Crippen LogP contribution in [-0.2, 0) is 25.5 Å².